The fraction of sp³-hybridized carbons (Fsp3) is 0.200. The van der Waals surface area contributed by atoms with Crippen LogP contribution in [0, 0.1) is 5.82 Å². The summed E-state index contributed by atoms with van der Waals surface area (Å²) in [5.41, 5.74) is 1.83. The molecular formula is C15H14ClFO. The summed E-state index contributed by atoms with van der Waals surface area (Å²) in [6, 6.07) is 14.1. The maximum atomic E-state index is 13.1. The summed E-state index contributed by atoms with van der Waals surface area (Å²) < 4.78 is 18.6. The summed E-state index contributed by atoms with van der Waals surface area (Å²) in [7, 11) is 0. The van der Waals surface area contributed by atoms with Crippen LogP contribution in [0.2, 0.25) is 0 Å². The van der Waals surface area contributed by atoms with Crippen molar-refractivity contribution in [1.29, 1.82) is 0 Å². The average Bonchev–Trinajstić information content (AvgIpc) is 2.40. The maximum absolute atomic E-state index is 13.1. The number of hydrogen-bond acceptors (Lipinski definition) is 1. The third kappa shape index (κ3) is 3.47. The van der Waals surface area contributed by atoms with Crippen LogP contribution in [0.4, 0.5) is 4.39 Å². The molecule has 0 radical (unpaired) electrons. The van der Waals surface area contributed by atoms with E-state index in [-0.39, 0.29) is 5.82 Å². The van der Waals surface area contributed by atoms with Crippen LogP contribution in [0.25, 0.3) is 11.1 Å². The van der Waals surface area contributed by atoms with Crippen LogP contribution >= 0.6 is 11.6 Å². The molecule has 1 nitrogen and oxygen atoms in total. The molecule has 0 aromatic heterocycles. The minimum atomic E-state index is -0.227. The van der Waals surface area contributed by atoms with Crippen molar-refractivity contribution in [1.82, 2.24) is 0 Å². The smallest absolute Gasteiger partial charge is 0.123 e. The Labute approximate surface area is 111 Å². The lowest BCUT2D eigenvalue weighted by Crippen LogP contribution is -1.97. The van der Waals surface area contributed by atoms with Crippen LogP contribution < -0.4 is 4.74 Å². The first kappa shape index (κ1) is 12.9. The highest BCUT2D eigenvalue weighted by atomic mass is 35.5. The molecule has 0 atom stereocenters. The van der Waals surface area contributed by atoms with Gasteiger partial charge < -0.3 is 4.74 Å². The predicted molar refractivity (Wildman–Crippen MR) is 72.7 cm³/mol. The van der Waals surface area contributed by atoms with E-state index < -0.39 is 0 Å². The Morgan fingerprint density at radius 3 is 2.44 bits per heavy atom. The van der Waals surface area contributed by atoms with Gasteiger partial charge in [-0.25, -0.2) is 4.39 Å². The van der Waals surface area contributed by atoms with Crippen molar-refractivity contribution < 1.29 is 9.13 Å². The molecule has 0 amide bonds. The van der Waals surface area contributed by atoms with Crippen LogP contribution in [0.3, 0.4) is 0 Å². The summed E-state index contributed by atoms with van der Waals surface area (Å²) in [4.78, 5) is 0. The van der Waals surface area contributed by atoms with Gasteiger partial charge in [0, 0.05) is 5.88 Å². The largest absolute Gasteiger partial charge is 0.494 e. The molecule has 0 aliphatic rings. The summed E-state index contributed by atoms with van der Waals surface area (Å²) >= 11 is 5.57. The van der Waals surface area contributed by atoms with Crippen LogP contribution in [0.1, 0.15) is 6.42 Å². The van der Waals surface area contributed by atoms with E-state index in [9.17, 15) is 4.39 Å². The van der Waals surface area contributed by atoms with Crippen molar-refractivity contribution in [3.8, 4) is 16.9 Å². The second kappa shape index (κ2) is 6.41. The highest BCUT2D eigenvalue weighted by Gasteiger charge is 2.00. The summed E-state index contributed by atoms with van der Waals surface area (Å²) in [6.45, 7) is 0.614. The zero-order valence-electron chi connectivity index (χ0n) is 9.90. The fourth-order valence-corrected chi connectivity index (χ4v) is 1.77. The molecule has 0 saturated heterocycles. The second-order valence-corrected chi connectivity index (χ2v) is 4.30. The van der Waals surface area contributed by atoms with Gasteiger partial charge in [-0.2, -0.15) is 0 Å². The Balaban J connectivity index is 2.07. The molecule has 0 aliphatic heterocycles. The molecular weight excluding hydrogens is 251 g/mol. The third-order valence-electron chi connectivity index (χ3n) is 2.56. The van der Waals surface area contributed by atoms with Gasteiger partial charge in [0.05, 0.1) is 6.61 Å². The second-order valence-electron chi connectivity index (χ2n) is 3.93. The van der Waals surface area contributed by atoms with E-state index in [1.165, 1.54) is 12.1 Å². The quantitative estimate of drug-likeness (QED) is 0.571. The Morgan fingerprint density at radius 2 is 1.78 bits per heavy atom. The molecule has 18 heavy (non-hydrogen) atoms. The molecule has 3 heteroatoms. The van der Waals surface area contributed by atoms with Crippen molar-refractivity contribution in [2.75, 3.05) is 12.5 Å². The number of ether oxygens (including phenoxy) is 1. The molecule has 0 aliphatic carbocycles. The van der Waals surface area contributed by atoms with E-state index in [2.05, 4.69) is 0 Å². The first-order valence-electron chi connectivity index (χ1n) is 5.84. The van der Waals surface area contributed by atoms with E-state index in [4.69, 9.17) is 16.3 Å². The van der Waals surface area contributed by atoms with E-state index in [0.29, 0.717) is 12.5 Å². The molecule has 0 N–H and O–H groups in total. The normalized spacial score (nSPS) is 10.3. The lowest BCUT2D eigenvalue weighted by Gasteiger charge is -2.06. The first-order valence-corrected chi connectivity index (χ1v) is 6.38. The van der Waals surface area contributed by atoms with Crippen molar-refractivity contribution in [3.05, 3.63) is 54.3 Å². The van der Waals surface area contributed by atoms with Crippen molar-refractivity contribution in [2.45, 2.75) is 6.42 Å². The Kier molecular flexibility index (Phi) is 4.59. The zero-order valence-corrected chi connectivity index (χ0v) is 10.7. The lowest BCUT2D eigenvalue weighted by molar-refractivity contribution is 0.318. The molecule has 0 heterocycles. The van der Waals surface area contributed by atoms with Crippen molar-refractivity contribution in [2.24, 2.45) is 0 Å². The molecule has 0 saturated carbocycles. The van der Waals surface area contributed by atoms with Gasteiger partial charge in [0.25, 0.3) is 0 Å². The topological polar surface area (TPSA) is 9.23 Å². The van der Waals surface area contributed by atoms with Crippen LogP contribution in [0.15, 0.2) is 48.5 Å². The number of alkyl halides is 1. The van der Waals surface area contributed by atoms with Gasteiger partial charge in [0.2, 0.25) is 0 Å². The monoisotopic (exact) mass is 264 g/mol. The van der Waals surface area contributed by atoms with Gasteiger partial charge in [0.1, 0.15) is 11.6 Å². The van der Waals surface area contributed by atoms with E-state index >= 15 is 0 Å². The average molecular weight is 265 g/mol. The number of benzene rings is 2. The minimum absolute atomic E-state index is 0.227. The van der Waals surface area contributed by atoms with Gasteiger partial charge in [-0.05, 0) is 41.8 Å². The standard InChI is InChI=1S/C15H14ClFO/c16-9-2-10-18-15-7-5-12(6-8-15)13-3-1-4-14(17)11-13/h1,3-8,11H,2,9-10H2. The van der Waals surface area contributed by atoms with Crippen LogP contribution in [-0.4, -0.2) is 12.5 Å². The van der Waals surface area contributed by atoms with Gasteiger partial charge in [-0.1, -0.05) is 24.3 Å². The minimum Gasteiger partial charge on any atom is -0.494 e. The number of halogens is 2. The van der Waals surface area contributed by atoms with Gasteiger partial charge in [-0.3, -0.25) is 0 Å². The predicted octanol–water partition coefficient (Wildman–Crippen LogP) is 4.50. The Morgan fingerprint density at radius 1 is 1.00 bits per heavy atom. The summed E-state index contributed by atoms with van der Waals surface area (Å²) in [5, 5.41) is 0. The van der Waals surface area contributed by atoms with E-state index in [1.807, 2.05) is 30.3 Å². The summed E-state index contributed by atoms with van der Waals surface area (Å²) in [5.74, 6) is 1.18. The van der Waals surface area contributed by atoms with Crippen LogP contribution in [-0.2, 0) is 0 Å². The SMILES string of the molecule is Fc1cccc(-c2ccc(OCCCCl)cc2)c1. The maximum Gasteiger partial charge on any atom is 0.123 e. The molecule has 2 rings (SSSR count). The van der Waals surface area contributed by atoms with E-state index in [1.54, 1.807) is 6.07 Å². The fourth-order valence-electron chi connectivity index (χ4n) is 1.66. The Bertz CT molecular complexity index is 496. The van der Waals surface area contributed by atoms with Gasteiger partial charge in [0.15, 0.2) is 0 Å². The zero-order chi connectivity index (χ0) is 12.8. The van der Waals surface area contributed by atoms with Crippen molar-refractivity contribution in [3.63, 3.8) is 0 Å². The molecule has 0 fully saturated rings. The lowest BCUT2D eigenvalue weighted by atomic mass is 10.1. The molecule has 94 valence electrons. The van der Waals surface area contributed by atoms with Crippen LogP contribution in [0.5, 0.6) is 5.75 Å². The number of hydrogen-bond donors (Lipinski definition) is 0. The molecule has 0 bridgehead atoms. The first-order chi connectivity index (χ1) is 8.79. The highest BCUT2D eigenvalue weighted by molar-refractivity contribution is 6.17. The molecule has 2 aromatic rings. The molecule has 0 unspecified atom stereocenters. The molecule has 0 spiro atoms. The summed E-state index contributed by atoms with van der Waals surface area (Å²) in [6.07, 6.45) is 0.827. The Hall–Kier alpha value is -1.54. The van der Waals surface area contributed by atoms with E-state index in [0.717, 1.165) is 23.3 Å². The number of rotatable bonds is 5. The van der Waals surface area contributed by atoms with Gasteiger partial charge in [-0.15, -0.1) is 11.6 Å². The van der Waals surface area contributed by atoms with Gasteiger partial charge >= 0.3 is 0 Å². The third-order valence-corrected chi connectivity index (χ3v) is 2.83. The molecule has 2 aromatic carbocycles. The highest BCUT2D eigenvalue weighted by Crippen LogP contribution is 2.23. The van der Waals surface area contributed by atoms with Crippen molar-refractivity contribution >= 4 is 11.6 Å².